The van der Waals surface area contributed by atoms with Crippen LogP contribution in [0.25, 0.3) is 0 Å². The van der Waals surface area contributed by atoms with Crippen molar-refractivity contribution in [3.63, 3.8) is 0 Å². The Morgan fingerprint density at radius 1 is 1.30 bits per heavy atom. The van der Waals surface area contributed by atoms with E-state index in [1.54, 1.807) is 0 Å². The van der Waals surface area contributed by atoms with E-state index >= 15 is 0 Å². The molecule has 20 heavy (non-hydrogen) atoms. The van der Waals surface area contributed by atoms with Gasteiger partial charge in [-0.3, -0.25) is 4.79 Å². The summed E-state index contributed by atoms with van der Waals surface area (Å²) in [6, 6.07) is -1.14. The Kier molecular flexibility index (Phi) is 5.56. The van der Waals surface area contributed by atoms with E-state index in [9.17, 15) is 18.0 Å². The van der Waals surface area contributed by atoms with Crippen molar-refractivity contribution in [3.05, 3.63) is 0 Å². The van der Waals surface area contributed by atoms with Crippen LogP contribution < -0.4 is 5.32 Å². The van der Waals surface area contributed by atoms with Gasteiger partial charge in [0, 0.05) is 11.7 Å². The zero-order valence-corrected chi connectivity index (χ0v) is 12.8. The Labute approximate surface area is 119 Å². The van der Waals surface area contributed by atoms with Crippen LogP contribution in [0.1, 0.15) is 45.4 Å². The van der Waals surface area contributed by atoms with Crippen LogP contribution in [-0.2, 0) is 19.4 Å². The smallest absolute Gasteiger partial charge is 0.326 e. The molecule has 1 amide bonds. The molecule has 2 N–H and O–H groups in total. The summed E-state index contributed by atoms with van der Waals surface area (Å²) >= 11 is 0. The highest BCUT2D eigenvalue weighted by atomic mass is 32.2. The first kappa shape index (κ1) is 16.9. The third kappa shape index (κ3) is 4.47. The van der Waals surface area contributed by atoms with Crippen LogP contribution in [-0.4, -0.2) is 43.5 Å². The van der Waals surface area contributed by atoms with Crippen molar-refractivity contribution in [2.24, 2.45) is 5.41 Å². The highest BCUT2D eigenvalue weighted by Gasteiger charge is 2.40. The van der Waals surface area contributed by atoms with Gasteiger partial charge in [0.05, 0.1) is 5.75 Å². The van der Waals surface area contributed by atoms with Crippen LogP contribution in [0, 0.1) is 5.41 Å². The largest absolute Gasteiger partial charge is 0.480 e. The molecule has 0 aromatic carbocycles. The number of carboxylic acids is 1. The van der Waals surface area contributed by atoms with E-state index in [0.29, 0.717) is 6.42 Å². The average molecular weight is 305 g/mol. The molecule has 1 aliphatic rings. The van der Waals surface area contributed by atoms with E-state index in [-0.39, 0.29) is 18.1 Å². The molecule has 1 saturated carbocycles. The van der Waals surface area contributed by atoms with Gasteiger partial charge >= 0.3 is 5.97 Å². The summed E-state index contributed by atoms with van der Waals surface area (Å²) < 4.78 is 22.2. The molecule has 0 aromatic rings. The first-order chi connectivity index (χ1) is 9.20. The maximum Gasteiger partial charge on any atom is 0.326 e. The number of nitrogens with one attached hydrogen (secondary N) is 1. The lowest BCUT2D eigenvalue weighted by atomic mass is 9.82. The van der Waals surface area contributed by atoms with Crippen molar-refractivity contribution in [1.29, 1.82) is 0 Å². The maximum absolute atomic E-state index is 12.3. The Morgan fingerprint density at radius 2 is 1.85 bits per heavy atom. The van der Waals surface area contributed by atoms with Gasteiger partial charge in [-0.25, -0.2) is 13.2 Å². The Hall–Kier alpha value is -1.11. The Morgan fingerprint density at radius 3 is 2.25 bits per heavy atom. The van der Waals surface area contributed by atoms with Crippen LogP contribution in [0.15, 0.2) is 0 Å². The summed E-state index contributed by atoms with van der Waals surface area (Å²) in [7, 11) is -3.24. The fourth-order valence-corrected chi connectivity index (χ4v) is 3.36. The van der Waals surface area contributed by atoms with Crippen LogP contribution in [0.3, 0.4) is 0 Å². The summed E-state index contributed by atoms with van der Waals surface area (Å²) in [4.78, 5) is 23.5. The highest BCUT2D eigenvalue weighted by molar-refractivity contribution is 7.90. The number of carboxylic acid groups (broad SMARTS) is 1. The molecule has 0 aromatic heterocycles. The van der Waals surface area contributed by atoms with Gasteiger partial charge in [-0.1, -0.05) is 19.8 Å². The summed E-state index contributed by atoms with van der Waals surface area (Å²) in [6.07, 6.45) is 5.13. The first-order valence-electron chi connectivity index (χ1n) is 6.92. The van der Waals surface area contributed by atoms with Crippen molar-refractivity contribution in [3.8, 4) is 0 Å². The van der Waals surface area contributed by atoms with Crippen molar-refractivity contribution < 1.29 is 23.1 Å². The molecule has 1 unspecified atom stereocenters. The molecule has 1 aliphatic carbocycles. The number of amides is 1. The van der Waals surface area contributed by atoms with Gasteiger partial charge in [0.2, 0.25) is 5.91 Å². The third-order valence-corrected chi connectivity index (χ3v) is 5.08. The van der Waals surface area contributed by atoms with Crippen LogP contribution in [0.5, 0.6) is 0 Å². The van der Waals surface area contributed by atoms with Gasteiger partial charge in [-0.05, 0) is 25.7 Å². The molecule has 1 rings (SSSR count). The molecule has 0 aliphatic heterocycles. The molecule has 0 saturated heterocycles. The third-order valence-electron chi connectivity index (χ3n) is 4.10. The topological polar surface area (TPSA) is 101 Å². The van der Waals surface area contributed by atoms with E-state index in [1.807, 2.05) is 6.92 Å². The SMILES string of the molecule is CCC1(C(=O)NC(CCS(C)(=O)=O)C(=O)O)CCCC1. The normalized spacial score (nSPS) is 19.5. The van der Waals surface area contributed by atoms with Crippen molar-refractivity contribution in [1.82, 2.24) is 5.32 Å². The molecule has 7 heteroatoms. The van der Waals surface area contributed by atoms with Gasteiger partial charge < -0.3 is 10.4 Å². The quantitative estimate of drug-likeness (QED) is 0.729. The molecule has 1 atom stereocenters. The number of hydrogen-bond acceptors (Lipinski definition) is 4. The molecule has 116 valence electrons. The van der Waals surface area contributed by atoms with E-state index in [1.165, 1.54) is 0 Å². The summed E-state index contributed by atoms with van der Waals surface area (Å²) in [5, 5.41) is 11.6. The fraction of sp³-hybridized carbons (Fsp3) is 0.846. The number of hydrogen-bond donors (Lipinski definition) is 2. The van der Waals surface area contributed by atoms with Gasteiger partial charge in [-0.2, -0.15) is 0 Å². The Balaban J connectivity index is 2.70. The minimum atomic E-state index is -3.24. The van der Waals surface area contributed by atoms with Gasteiger partial charge in [0.1, 0.15) is 15.9 Å². The molecule has 0 bridgehead atoms. The Bertz CT molecular complexity index is 465. The number of carbonyl (C=O) groups is 2. The van der Waals surface area contributed by atoms with Crippen molar-refractivity contribution >= 4 is 21.7 Å². The van der Waals surface area contributed by atoms with Gasteiger partial charge in [-0.15, -0.1) is 0 Å². The van der Waals surface area contributed by atoms with Crippen LogP contribution >= 0.6 is 0 Å². The minimum Gasteiger partial charge on any atom is -0.480 e. The highest BCUT2D eigenvalue weighted by Crippen LogP contribution is 2.41. The lowest BCUT2D eigenvalue weighted by molar-refractivity contribution is -0.144. The monoisotopic (exact) mass is 305 g/mol. The second kappa shape index (κ2) is 6.56. The summed E-state index contributed by atoms with van der Waals surface area (Å²) in [6.45, 7) is 1.93. The van der Waals surface area contributed by atoms with Crippen molar-refractivity contribution in [2.45, 2.75) is 51.5 Å². The first-order valence-corrected chi connectivity index (χ1v) is 8.98. The number of carbonyl (C=O) groups excluding carboxylic acids is 1. The molecular formula is C13H23NO5S. The average Bonchev–Trinajstić information content (AvgIpc) is 2.82. The van der Waals surface area contributed by atoms with E-state index in [4.69, 9.17) is 5.11 Å². The zero-order chi connectivity index (χ0) is 15.4. The van der Waals surface area contributed by atoms with Gasteiger partial charge in [0.25, 0.3) is 0 Å². The second-order valence-corrected chi connectivity index (χ2v) is 7.88. The van der Waals surface area contributed by atoms with E-state index < -0.39 is 27.3 Å². The van der Waals surface area contributed by atoms with Gasteiger partial charge in [0.15, 0.2) is 0 Å². The molecular weight excluding hydrogens is 282 g/mol. The molecule has 0 radical (unpaired) electrons. The van der Waals surface area contributed by atoms with E-state index in [2.05, 4.69) is 5.32 Å². The second-order valence-electron chi connectivity index (χ2n) is 5.62. The number of sulfone groups is 1. The predicted molar refractivity (Wildman–Crippen MR) is 75.1 cm³/mol. The molecule has 6 nitrogen and oxygen atoms in total. The lowest BCUT2D eigenvalue weighted by Gasteiger charge is -2.28. The van der Waals surface area contributed by atoms with Crippen LogP contribution in [0.4, 0.5) is 0 Å². The number of rotatable bonds is 7. The fourth-order valence-electron chi connectivity index (χ4n) is 2.69. The maximum atomic E-state index is 12.3. The summed E-state index contributed by atoms with van der Waals surface area (Å²) in [5.74, 6) is -1.69. The zero-order valence-electron chi connectivity index (χ0n) is 12.0. The number of aliphatic carboxylic acids is 1. The predicted octanol–water partition coefficient (Wildman–Crippen LogP) is 0.961. The minimum absolute atomic E-state index is 0.0975. The van der Waals surface area contributed by atoms with Crippen LogP contribution in [0.2, 0.25) is 0 Å². The summed E-state index contributed by atoms with van der Waals surface area (Å²) in [5.41, 5.74) is -0.473. The van der Waals surface area contributed by atoms with Crippen molar-refractivity contribution in [2.75, 3.05) is 12.0 Å². The molecule has 0 heterocycles. The van der Waals surface area contributed by atoms with E-state index in [0.717, 1.165) is 31.9 Å². The standard InChI is InChI=1S/C13H23NO5S/c1-3-13(7-4-5-8-13)12(17)14-10(11(15)16)6-9-20(2,18)19/h10H,3-9H2,1-2H3,(H,14,17)(H,15,16). The molecule has 0 spiro atoms. The lowest BCUT2D eigenvalue weighted by Crippen LogP contribution is -2.48. The molecule has 1 fully saturated rings.